The number of piperazine rings is 1. The van der Waals surface area contributed by atoms with Crippen LogP contribution in [0.1, 0.15) is 146 Å². The van der Waals surface area contributed by atoms with E-state index in [0.29, 0.717) is 70.5 Å². The van der Waals surface area contributed by atoms with Crippen molar-refractivity contribution < 1.29 is 14.4 Å². The zero-order valence-corrected chi connectivity index (χ0v) is 38.7. The lowest BCUT2D eigenvalue weighted by Gasteiger charge is -2.35. The van der Waals surface area contributed by atoms with E-state index in [0.717, 1.165) is 119 Å². The first-order valence-corrected chi connectivity index (χ1v) is 23.9. The number of carbonyl (C=O) groups is 3. The second-order valence-electron chi connectivity index (χ2n) is 18.8. The van der Waals surface area contributed by atoms with Gasteiger partial charge in [0, 0.05) is 79.6 Å². The summed E-state index contributed by atoms with van der Waals surface area (Å²) in [5.41, 5.74) is 5.86. The van der Waals surface area contributed by atoms with Crippen molar-refractivity contribution >= 4 is 57.7 Å². The Bertz CT molecular complexity index is 2660. The molecule has 0 radical (unpaired) electrons. The van der Waals surface area contributed by atoms with Crippen molar-refractivity contribution in [2.75, 3.05) is 60.1 Å². The molecule has 9 rings (SSSR count). The molecule has 4 N–H and O–H groups in total. The van der Waals surface area contributed by atoms with Gasteiger partial charge in [-0.05, 0) is 127 Å². The van der Waals surface area contributed by atoms with Gasteiger partial charge < -0.3 is 26.2 Å². The monoisotopic (exact) mass is 895 g/mol. The number of amides is 2. The Morgan fingerprint density at radius 2 is 1.58 bits per heavy atom. The van der Waals surface area contributed by atoms with Crippen LogP contribution in [0.15, 0.2) is 53.6 Å². The summed E-state index contributed by atoms with van der Waals surface area (Å²) in [7, 11) is 0. The second-order valence-corrected chi connectivity index (χ2v) is 18.8. The molecular formula is C50H62N12O4. The van der Waals surface area contributed by atoms with Crippen molar-refractivity contribution in [3.8, 4) is 0 Å². The molecule has 3 aliphatic carbocycles. The SMILES string of the molecule is CC(=O)c1c(C)c2cnc(Nc3ccc(N4CCN(CC(=O)NC(C)CCCCNc5nc(C6CC6)ccc5C(=O)Nc5ccc(C)c(C6CC6)n5)CC4)cn3)nc2n(C2CCCC2)c1=O. The molecule has 4 aliphatic rings. The number of ketones is 1. The molecule has 5 aromatic heterocycles. The van der Waals surface area contributed by atoms with Crippen LogP contribution < -0.4 is 31.7 Å². The number of hydrogen-bond donors (Lipinski definition) is 4. The number of Topliss-reactive ketones (excluding diaryl/α,β-unsaturated/α-hetero) is 1. The van der Waals surface area contributed by atoms with E-state index in [1.54, 1.807) is 17.7 Å². The van der Waals surface area contributed by atoms with Gasteiger partial charge in [-0.15, -0.1) is 0 Å². The van der Waals surface area contributed by atoms with Gasteiger partial charge in [0.15, 0.2) is 5.78 Å². The number of aromatic nitrogens is 6. The fourth-order valence-electron chi connectivity index (χ4n) is 9.58. The van der Waals surface area contributed by atoms with Crippen molar-refractivity contribution in [2.45, 2.75) is 122 Å². The Hall–Kier alpha value is -6.29. The number of nitrogens with zero attached hydrogens (tertiary/aromatic N) is 8. The third-order valence-electron chi connectivity index (χ3n) is 13.6. The molecule has 5 aromatic rings. The second kappa shape index (κ2) is 19.7. The van der Waals surface area contributed by atoms with Crippen LogP contribution in [0, 0.1) is 13.8 Å². The molecular weight excluding hydrogens is 833 g/mol. The number of nitrogens with one attached hydrogen (secondary N) is 4. The first-order valence-electron chi connectivity index (χ1n) is 23.9. The molecule has 16 nitrogen and oxygen atoms in total. The van der Waals surface area contributed by atoms with Gasteiger partial charge in [-0.2, -0.15) is 4.98 Å². The van der Waals surface area contributed by atoms with E-state index in [-0.39, 0.29) is 40.8 Å². The highest BCUT2D eigenvalue weighted by Crippen LogP contribution is 2.41. The maximum Gasteiger partial charge on any atom is 0.263 e. The number of hydrogen-bond acceptors (Lipinski definition) is 13. The number of aryl methyl sites for hydroxylation is 2. The number of carbonyl (C=O) groups excluding carboxylic acids is 3. The predicted octanol–water partition coefficient (Wildman–Crippen LogP) is 7.57. The molecule has 6 heterocycles. The van der Waals surface area contributed by atoms with Crippen molar-refractivity contribution in [3.63, 3.8) is 0 Å². The van der Waals surface area contributed by atoms with Gasteiger partial charge in [0.25, 0.3) is 11.5 Å². The van der Waals surface area contributed by atoms with Crippen LogP contribution in [0.3, 0.4) is 0 Å². The van der Waals surface area contributed by atoms with Crippen molar-refractivity contribution in [2.24, 2.45) is 0 Å². The molecule has 1 atom stereocenters. The first-order chi connectivity index (χ1) is 32.0. The molecule has 0 spiro atoms. The molecule has 3 saturated carbocycles. The number of rotatable bonds is 18. The van der Waals surface area contributed by atoms with Crippen molar-refractivity contribution in [1.82, 2.24) is 39.7 Å². The van der Waals surface area contributed by atoms with E-state index in [9.17, 15) is 19.2 Å². The number of pyridine rings is 4. The number of anilines is 5. The van der Waals surface area contributed by atoms with Crippen LogP contribution in [0.2, 0.25) is 0 Å². The van der Waals surface area contributed by atoms with Gasteiger partial charge in [0.05, 0.1) is 29.6 Å². The average Bonchev–Trinajstić information content (AvgIpc) is 4.26. The van der Waals surface area contributed by atoms with Crippen molar-refractivity contribution in [1.29, 1.82) is 0 Å². The molecule has 346 valence electrons. The highest BCUT2D eigenvalue weighted by atomic mass is 16.2. The fourth-order valence-corrected chi connectivity index (χ4v) is 9.58. The molecule has 0 aromatic carbocycles. The summed E-state index contributed by atoms with van der Waals surface area (Å²) in [6.07, 6.45) is 14.5. The quantitative estimate of drug-likeness (QED) is 0.0498. The minimum atomic E-state index is -0.278. The summed E-state index contributed by atoms with van der Waals surface area (Å²) in [4.78, 5) is 80.7. The van der Waals surface area contributed by atoms with Crippen LogP contribution in [-0.4, -0.2) is 97.3 Å². The predicted molar refractivity (Wildman–Crippen MR) is 257 cm³/mol. The van der Waals surface area contributed by atoms with Gasteiger partial charge in [-0.3, -0.25) is 28.6 Å². The lowest BCUT2D eigenvalue weighted by molar-refractivity contribution is -0.123. The normalized spacial score (nSPS) is 17.2. The first kappa shape index (κ1) is 44.9. The van der Waals surface area contributed by atoms with Crippen LogP contribution in [0.25, 0.3) is 11.0 Å². The highest BCUT2D eigenvalue weighted by molar-refractivity contribution is 6.07. The standard InChI is InChI=1S/C50H62N12O4/c1-30-12-20-42(56-45(30)35-15-16-35)57-48(65)38-18-19-40(34-13-14-34)55-46(38)51-22-8-7-9-31(2)54-43(64)29-60-23-25-61(26-24-60)37-17-21-41(52-27-37)58-50-53-28-39-32(3)44(33(4)63)49(66)62(47(39)59-50)36-10-5-6-11-36/h12,17-21,27-28,31,34-36H,5-11,13-16,22-26,29H2,1-4H3,(H,51,55)(H,54,64)(H,56,57,65)(H,52,53,58,59). The number of fused-ring (bicyclic) bond motifs is 1. The van der Waals surface area contributed by atoms with E-state index in [4.69, 9.17) is 15.0 Å². The van der Waals surface area contributed by atoms with Gasteiger partial charge >= 0.3 is 0 Å². The van der Waals surface area contributed by atoms with E-state index in [1.807, 2.05) is 42.6 Å². The molecule has 1 unspecified atom stereocenters. The Morgan fingerprint density at radius 3 is 2.29 bits per heavy atom. The van der Waals surface area contributed by atoms with Gasteiger partial charge in [0.2, 0.25) is 11.9 Å². The fraction of sp³-hybridized carbons (Fsp3) is 0.500. The lowest BCUT2D eigenvalue weighted by atomic mass is 10.0. The third-order valence-corrected chi connectivity index (χ3v) is 13.6. The Kier molecular flexibility index (Phi) is 13.4. The van der Waals surface area contributed by atoms with Gasteiger partial charge in [0.1, 0.15) is 23.1 Å². The van der Waals surface area contributed by atoms with Crippen molar-refractivity contribution in [3.05, 3.63) is 92.8 Å². The summed E-state index contributed by atoms with van der Waals surface area (Å²) in [6.45, 7) is 11.4. The minimum Gasteiger partial charge on any atom is -0.369 e. The smallest absolute Gasteiger partial charge is 0.263 e. The maximum atomic E-state index is 13.6. The highest BCUT2D eigenvalue weighted by Gasteiger charge is 2.30. The summed E-state index contributed by atoms with van der Waals surface area (Å²) in [6, 6.07) is 11.7. The van der Waals surface area contributed by atoms with E-state index >= 15 is 0 Å². The molecule has 0 bridgehead atoms. The number of unbranched alkanes of at least 4 members (excludes halogenated alkanes) is 1. The van der Waals surface area contributed by atoms with E-state index in [1.165, 1.54) is 6.92 Å². The Balaban J connectivity index is 0.711. The Labute approximate surface area is 385 Å². The van der Waals surface area contributed by atoms with Crippen LogP contribution in [0.4, 0.5) is 29.1 Å². The van der Waals surface area contributed by atoms with Gasteiger partial charge in [-0.1, -0.05) is 18.9 Å². The summed E-state index contributed by atoms with van der Waals surface area (Å²) >= 11 is 0. The van der Waals surface area contributed by atoms with Gasteiger partial charge in [-0.25, -0.2) is 19.9 Å². The summed E-state index contributed by atoms with van der Waals surface area (Å²) < 4.78 is 1.71. The molecule has 2 amide bonds. The zero-order chi connectivity index (χ0) is 45.9. The summed E-state index contributed by atoms with van der Waals surface area (Å²) in [5, 5.41) is 13.6. The minimum absolute atomic E-state index is 0.00272. The molecule has 1 aliphatic heterocycles. The zero-order valence-electron chi connectivity index (χ0n) is 38.7. The van der Waals surface area contributed by atoms with E-state index < -0.39 is 0 Å². The molecule has 16 heteroatoms. The lowest BCUT2D eigenvalue weighted by Crippen LogP contribution is -2.50. The molecule has 1 saturated heterocycles. The average molecular weight is 895 g/mol. The van der Waals surface area contributed by atoms with Crippen LogP contribution in [0.5, 0.6) is 0 Å². The topological polar surface area (TPSA) is 192 Å². The molecule has 4 fully saturated rings. The van der Waals surface area contributed by atoms with Crippen LogP contribution >= 0.6 is 0 Å². The Morgan fingerprint density at radius 1 is 0.818 bits per heavy atom. The van der Waals surface area contributed by atoms with Crippen LogP contribution in [-0.2, 0) is 4.79 Å². The van der Waals surface area contributed by atoms with E-state index in [2.05, 4.69) is 54.9 Å². The maximum absolute atomic E-state index is 13.6. The third kappa shape index (κ3) is 10.4. The molecule has 66 heavy (non-hydrogen) atoms. The largest absolute Gasteiger partial charge is 0.369 e. The summed E-state index contributed by atoms with van der Waals surface area (Å²) in [5.74, 6) is 2.63.